The van der Waals surface area contributed by atoms with Crippen molar-refractivity contribution >= 4 is 29.0 Å². The molecule has 0 fully saturated rings. The molecule has 0 radical (unpaired) electrons. The highest BCUT2D eigenvalue weighted by Crippen LogP contribution is 2.20. The fraction of sp³-hybridized carbons (Fsp3) is 0.158. The zero-order valence-electron chi connectivity index (χ0n) is 14.7. The van der Waals surface area contributed by atoms with Gasteiger partial charge in [-0.25, -0.2) is 4.98 Å². The van der Waals surface area contributed by atoms with Gasteiger partial charge in [-0.3, -0.25) is 9.78 Å². The Morgan fingerprint density at radius 1 is 1.04 bits per heavy atom. The number of nitrogens with one attached hydrogen (secondary N) is 3. The summed E-state index contributed by atoms with van der Waals surface area (Å²) < 4.78 is 0. The molecule has 0 aliphatic rings. The van der Waals surface area contributed by atoms with E-state index in [-0.39, 0.29) is 5.91 Å². The number of amides is 1. The molecule has 3 N–H and O–H groups in total. The molecule has 2 aromatic heterocycles. The average molecular weight is 348 g/mol. The average Bonchev–Trinajstić information content (AvgIpc) is 2.60. The number of rotatable bonds is 6. The van der Waals surface area contributed by atoms with Crippen molar-refractivity contribution in [2.45, 2.75) is 20.4 Å². The van der Waals surface area contributed by atoms with E-state index in [4.69, 9.17) is 0 Å². The summed E-state index contributed by atoms with van der Waals surface area (Å²) in [4.78, 5) is 24.4. The minimum Gasteiger partial charge on any atom is -0.349 e. The van der Waals surface area contributed by atoms with Crippen molar-refractivity contribution in [3.8, 4) is 0 Å². The summed E-state index contributed by atoms with van der Waals surface area (Å²) in [6.45, 7) is 3.93. The largest absolute Gasteiger partial charge is 0.349 e. The third-order valence-corrected chi connectivity index (χ3v) is 3.46. The number of carbonyl (C=O) groups excluding carboxylic acids is 1. The van der Waals surface area contributed by atoms with Gasteiger partial charge in [-0.05, 0) is 37.3 Å². The van der Waals surface area contributed by atoms with Gasteiger partial charge in [0.1, 0.15) is 5.82 Å². The first-order chi connectivity index (χ1) is 12.6. The first-order valence-corrected chi connectivity index (χ1v) is 8.22. The Labute approximate surface area is 151 Å². The molecule has 26 heavy (non-hydrogen) atoms. The Morgan fingerprint density at radius 3 is 2.65 bits per heavy atom. The molecule has 3 aromatic rings. The van der Waals surface area contributed by atoms with Crippen LogP contribution in [0, 0.1) is 6.92 Å². The zero-order chi connectivity index (χ0) is 18.4. The van der Waals surface area contributed by atoms with Gasteiger partial charge in [0.2, 0.25) is 11.9 Å². The van der Waals surface area contributed by atoms with Gasteiger partial charge >= 0.3 is 0 Å². The molecule has 0 aliphatic heterocycles. The van der Waals surface area contributed by atoms with Gasteiger partial charge in [0.25, 0.3) is 0 Å². The standard InChI is InChI=1S/C19H20N6O/c1-13-10-18(24-16-8-5-7-15(11-16)23-14(2)26)25-19(22-13)21-12-17-6-3-4-9-20-17/h3-11H,12H2,1-2H3,(H,23,26)(H2,21,22,24,25). The molecule has 0 bridgehead atoms. The number of carbonyl (C=O) groups is 1. The van der Waals surface area contributed by atoms with Crippen molar-refractivity contribution < 1.29 is 4.79 Å². The summed E-state index contributed by atoms with van der Waals surface area (Å²) in [5.74, 6) is 1.08. The van der Waals surface area contributed by atoms with Gasteiger partial charge in [0.15, 0.2) is 0 Å². The Hall–Kier alpha value is -3.48. The molecule has 7 nitrogen and oxygen atoms in total. The van der Waals surface area contributed by atoms with Crippen LogP contribution in [0.4, 0.5) is 23.1 Å². The minimum absolute atomic E-state index is 0.110. The Bertz CT molecular complexity index is 898. The summed E-state index contributed by atoms with van der Waals surface area (Å²) in [5.41, 5.74) is 3.30. The first-order valence-electron chi connectivity index (χ1n) is 8.22. The lowest BCUT2D eigenvalue weighted by Crippen LogP contribution is -2.08. The second kappa shape index (κ2) is 8.06. The van der Waals surface area contributed by atoms with E-state index in [1.54, 1.807) is 6.20 Å². The van der Waals surface area contributed by atoms with Crippen LogP contribution < -0.4 is 16.0 Å². The molecule has 2 heterocycles. The predicted molar refractivity (Wildman–Crippen MR) is 102 cm³/mol. The molecular weight excluding hydrogens is 328 g/mol. The van der Waals surface area contributed by atoms with Crippen molar-refractivity contribution in [2.75, 3.05) is 16.0 Å². The van der Waals surface area contributed by atoms with Crippen molar-refractivity contribution in [3.63, 3.8) is 0 Å². The molecule has 3 rings (SSSR count). The molecule has 0 aliphatic carbocycles. The van der Waals surface area contributed by atoms with E-state index in [0.717, 1.165) is 22.8 Å². The van der Waals surface area contributed by atoms with Gasteiger partial charge in [-0.2, -0.15) is 4.98 Å². The highest BCUT2D eigenvalue weighted by molar-refractivity contribution is 5.89. The number of pyridine rings is 1. The summed E-state index contributed by atoms with van der Waals surface area (Å²) in [5, 5.41) is 9.18. The van der Waals surface area contributed by atoms with Crippen LogP contribution in [-0.2, 0) is 11.3 Å². The number of hydrogen-bond acceptors (Lipinski definition) is 6. The molecule has 1 amide bonds. The van der Waals surface area contributed by atoms with Crippen LogP contribution in [0.15, 0.2) is 54.7 Å². The predicted octanol–water partition coefficient (Wildman–Crippen LogP) is 3.49. The molecule has 0 atom stereocenters. The second-order valence-electron chi connectivity index (χ2n) is 5.78. The van der Waals surface area contributed by atoms with E-state index < -0.39 is 0 Å². The van der Waals surface area contributed by atoms with Crippen LogP contribution in [0.25, 0.3) is 0 Å². The summed E-state index contributed by atoms with van der Waals surface area (Å²) in [6.07, 6.45) is 1.75. The van der Waals surface area contributed by atoms with Gasteiger partial charge in [0.05, 0.1) is 12.2 Å². The Kier molecular flexibility index (Phi) is 5.38. The number of aromatic nitrogens is 3. The molecule has 7 heteroatoms. The maximum atomic E-state index is 11.2. The van der Waals surface area contributed by atoms with E-state index in [1.165, 1.54) is 6.92 Å². The lowest BCUT2D eigenvalue weighted by molar-refractivity contribution is -0.114. The van der Waals surface area contributed by atoms with E-state index in [2.05, 4.69) is 30.9 Å². The summed E-state index contributed by atoms with van der Waals surface area (Å²) in [6, 6.07) is 15.1. The molecule has 0 saturated heterocycles. The van der Waals surface area contributed by atoms with Crippen molar-refractivity contribution in [1.29, 1.82) is 0 Å². The smallest absolute Gasteiger partial charge is 0.225 e. The van der Waals surface area contributed by atoms with Gasteiger partial charge < -0.3 is 16.0 Å². The maximum Gasteiger partial charge on any atom is 0.225 e. The maximum absolute atomic E-state index is 11.2. The van der Waals surface area contributed by atoms with Crippen LogP contribution in [0.2, 0.25) is 0 Å². The first kappa shape index (κ1) is 17.3. The molecule has 0 spiro atoms. The molecular formula is C19H20N6O. The lowest BCUT2D eigenvalue weighted by Gasteiger charge is -2.11. The van der Waals surface area contributed by atoms with Crippen molar-refractivity contribution in [1.82, 2.24) is 15.0 Å². The third kappa shape index (κ3) is 5.01. The fourth-order valence-electron chi connectivity index (χ4n) is 2.41. The summed E-state index contributed by atoms with van der Waals surface area (Å²) in [7, 11) is 0. The lowest BCUT2D eigenvalue weighted by atomic mass is 10.2. The fourth-order valence-corrected chi connectivity index (χ4v) is 2.41. The third-order valence-electron chi connectivity index (χ3n) is 3.46. The highest BCUT2D eigenvalue weighted by Gasteiger charge is 2.04. The van der Waals surface area contributed by atoms with E-state index >= 15 is 0 Å². The molecule has 0 saturated carbocycles. The Morgan fingerprint density at radius 2 is 1.88 bits per heavy atom. The van der Waals surface area contributed by atoms with E-state index in [0.29, 0.717) is 18.3 Å². The van der Waals surface area contributed by atoms with Gasteiger partial charge in [-0.15, -0.1) is 0 Å². The number of aryl methyl sites for hydroxylation is 1. The van der Waals surface area contributed by atoms with Crippen LogP contribution in [0.1, 0.15) is 18.3 Å². The van der Waals surface area contributed by atoms with Crippen molar-refractivity contribution in [2.24, 2.45) is 0 Å². The SMILES string of the molecule is CC(=O)Nc1cccc(Nc2cc(C)nc(NCc3ccccn3)n2)c1. The van der Waals surface area contributed by atoms with Crippen molar-refractivity contribution in [3.05, 3.63) is 66.1 Å². The zero-order valence-corrected chi connectivity index (χ0v) is 14.7. The Balaban J connectivity index is 1.72. The topological polar surface area (TPSA) is 91.8 Å². The van der Waals surface area contributed by atoms with Crippen LogP contribution in [-0.4, -0.2) is 20.9 Å². The molecule has 1 aromatic carbocycles. The minimum atomic E-state index is -0.110. The summed E-state index contributed by atoms with van der Waals surface area (Å²) >= 11 is 0. The van der Waals surface area contributed by atoms with Crippen LogP contribution in [0.5, 0.6) is 0 Å². The quantitative estimate of drug-likeness (QED) is 0.631. The highest BCUT2D eigenvalue weighted by atomic mass is 16.1. The molecule has 132 valence electrons. The number of nitrogens with zero attached hydrogens (tertiary/aromatic N) is 3. The van der Waals surface area contributed by atoms with Crippen LogP contribution >= 0.6 is 0 Å². The van der Waals surface area contributed by atoms with E-state index in [9.17, 15) is 4.79 Å². The number of hydrogen-bond donors (Lipinski definition) is 3. The van der Waals surface area contributed by atoms with Crippen LogP contribution in [0.3, 0.4) is 0 Å². The molecule has 0 unspecified atom stereocenters. The van der Waals surface area contributed by atoms with Gasteiger partial charge in [-0.1, -0.05) is 12.1 Å². The monoisotopic (exact) mass is 348 g/mol. The normalized spacial score (nSPS) is 10.2. The van der Waals surface area contributed by atoms with E-state index in [1.807, 2.05) is 55.5 Å². The van der Waals surface area contributed by atoms with Gasteiger partial charge in [0, 0.05) is 36.3 Å². The number of benzene rings is 1. The second-order valence-corrected chi connectivity index (χ2v) is 5.78. The number of anilines is 4.